The molecule has 0 saturated heterocycles. The molecule has 0 fully saturated rings. The minimum absolute atomic E-state index is 0.323. The molecule has 25 heavy (non-hydrogen) atoms. The maximum Gasteiger partial charge on any atom is 0.127 e. The van der Waals surface area contributed by atoms with E-state index in [9.17, 15) is 4.39 Å². The van der Waals surface area contributed by atoms with Gasteiger partial charge in [0.2, 0.25) is 0 Å². The molecule has 0 atom stereocenters. The molecular weight excluding hydrogens is 339 g/mol. The average Bonchev–Trinajstić information content (AvgIpc) is 2.62. The monoisotopic (exact) mass is 356 g/mol. The first-order chi connectivity index (χ1) is 12.2. The first kappa shape index (κ1) is 17.3. The lowest BCUT2D eigenvalue weighted by molar-refractivity contribution is 0.300. The standard InChI is InChI=1S/C20H18ClFN2O/c21-17-6-4-5-15(11-17)14-25-20-12-18(22)10-9-16(20)13-23-24-19-7-2-1-3-8-19/h1-12,23-24H,13-14H2. The molecule has 0 heterocycles. The van der Waals surface area contributed by atoms with Crippen LogP contribution in [0.4, 0.5) is 10.1 Å². The molecule has 0 bridgehead atoms. The van der Waals surface area contributed by atoms with Crippen LogP contribution in [-0.2, 0) is 13.2 Å². The van der Waals surface area contributed by atoms with E-state index in [2.05, 4.69) is 10.9 Å². The van der Waals surface area contributed by atoms with Gasteiger partial charge in [-0.05, 0) is 35.9 Å². The summed E-state index contributed by atoms with van der Waals surface area (Å²) in [4.78, 5) is 0. The Morgan fingerprint density at radius 1 is 0.920 bits per heavy atom. The van der Waals surface area contributed by atoms with Crippen LogP contribution in [0.25, 0.3) is 0 Å². The molecule has 3 aromatic carbocycles. The van der Waals surface area contributed by atoms with Gasteiger partial charge in [-0.15, -0.1) is 0 Å². The van der Waals surface area contributed by atoms with Crippen LogP contribution in [0.5, 0.6) is 5.75 Å². The normalized spacial score (nSPS) is 10.5. The smallest absolute Gasteiger partial charge is 0.127 e. The minimum Gasteiger partial charge on any atom is -0.488 e. The van der Waals surface area contributed by atoms with Crippen LogP contribution in [0.3, 0.4) is 0 Å². The quantitative estimate of drug-likeness (QED) is 0.572. The van der Waals surface area contributed by atoms with Gasteiger partial charge in [-0.1, -0.05) is 48.0 Å². The lowest BCUT2D eigenvalue weighted by Crippen LogP contribution is -2.21. The van der Waals surface area contributed by atoms with Crippen molar-refractivity contribution in [2.24, 2.45) is 0 Å². The van der Waals surface area contributed by atoms with Gasteiger partial charge >= 0.3 is 0 Å². The largest absolute Gasteiger partial charge is 0.488 e. The lowest BCUT2D eigenvalue weighted by Gasteiger charge is -2.14. The second-order valence-electron chi connectivity index (χ2n) is 5.52. The molecular formula is C20H18ClFN2O. The van der Waals surface area contributed by atoms with Crippen molar-refractivity contribution in [2.45, 2.75) is 13.2 Å². The number of benzene rings is 3. The Labute approximate surface area is 151 Å². The molecule has 0 saturated carbocycles. The van der Waals surface area contributed by atoms with E-state index in [4.69, 9.17) is 16.3 Å². The molecule has 0 aromatic heterocycles. The van der Waals surface area contributed by atoms with Crippen molar-refractivity contribution >= 4 is 17.3 Å². The fourth-order valence-corrected chi connectivity index (χ4v) is 2.57. The van der Waals surface area contributed by atoms with E-state index in [-0.39, 0.29) is 5.82 Å². The van der Waals surface area contributed by atoms with Crippen LogP contribution in [0.15, 0.2) is 72.8 Å². The van der Waals surface area contributed by atoms with Crippen molar-refractivity contribution in [3.63, 3.8) is 0 Å². The van der Waals surface area contributed by atoms with Gasteiger partial charge in [0.05, 0.1) is 0 Å². The van der Waals surface area contributed by atoms with E-state index in [1.807, 2.05) is 48.5 Å². The summed E-state index contributed by atoms with van der Waals surface area (Å²) < 4.78 is 19.4. The molecule has 128 valence electrons. The molecule has 5 heteroatoms. The van der Waals surface area contributed by atoms with Gasteiger partial charge in [-0.3, -0.25) is 0 Å². The van der Waals surface area contributed by atoms with Gasteiger partial charge in [-0.25, -0.2) is 9.82 Å². The third-order valence-corrected chi connectivity index (χ3v) is 3.83. The van der Waals surface area contributed by atoms with Crippen LogP contribution in [-0.4, -0.2) is 0 Å². The molecule has 0 unspecified atom stereocenters. The average molecular weight is 357 g/mol. The Kier molecular flexibility index (Phi) is 5.88. The Bertz CT molecular complexity index is 827. The van der Waals surface area contributed by atoms with Crippen LogP contribution in [0.2, 0.25) is 5.02 Å². The van der Waals surface area contributed by atoms with E-state index < -0.39 is 0 Å². The zero-order valence-electron chi connectivity index (χ0n) is 13.5. The van der Waals surface area contributed by atoms with Crippen LogP contribution in [0, 0.1) is 5.82 Å². The number of para-hydroxylation sites is 1. The summed E-state index contributed by atoms with van der Waals surface area (Å²) in [6.45, 7) is 0.809. The predicted molar refractivity (Wildman–Crippen MR) is 99.1 cm³/mol. The maximum absolute atomic E-state index is 13.6. The molecule has 3 aromatic rings. The van der Waals surface area contributed by atoms with Crippen molar-refractivity contribution < 1.29 is 9.13 Å². The lowest BCUT2D eigenvalue weighted by atomic mass is 10.2. The third kappa shape index (κ3) is 5.21. The predicted octanol–water partition coefficient (Wildman–Crippen LogP) is 5.17. The van der Waals surface area contributed by atoms with Crippen molar-refractivity contribution in [2.75, 3.05) is 5.43 Å². The summed E-state index contributed by atoms with van der Waals surface area (Å²) in [5, 5.41) is 0.647. The zero-order chi connectivity index (χ0) is 17.5. The molecule has 0 radical (unpaired) electrons. The molecule has 0 aliphatic rings. The third-order valence-electron chi connectivity index (χ3n) is 3.60. The van der Waals surface area contributed by atoms with Gasteiger partial charge < -0.3 is 10.2 Å². The molecule has 2 N–H and O–H groups in total. The highest BCUT2D eigenvalue weighted by atomic mass is 35.5. The second kappa shape index (κ2) is 8.51. The van der Waals surface area contributed by atoms with Crippen molar-refractivity contribution in [1.29, 1.82) is 0 Å². The Hall–Kier alpha value is -2.56. The number of rotatable bonds is 7. The number of hydrazine groups is 1. The number of nitrogens with one attached hydrogen (secondary N) is 2. The van der Waals surface area contributed by atoms with Gasteiger partial charge in [0.25, 0.3) is 0 Å². The Morgan fingerprint density at radius 3 is 2.56 bits per heavy atom. The SMILES string of the molecule is Fc1ccc(CNNc2ccccc2)c(OCc2cccc(Cl)c2)c1. The molecule has 0 aliphatic carbocycles. The number of ether oxygens (including phenoxy) is 1. The minimum atomic E-state index is -0.333. The van der Waals surface area contributed by atoms with Crippen molar-refractivity contribution in [3.8, 4) is 5.75 Å². The fraction of sp³-hybridized carbons (Fsp3) is 0.100. The van der Waals surface area contributed by atoms with E-state index in [1.165, 1.54) is 12.1 Å². The van der Waals surface area contributed by atoms with Gasteiger partial charge in [0.1, 0.15) is 18.2 Å². The highest BCUT2D eigenvalue weighted by Gasteiger charge is 2.06. The van der Waals surface area contributed by atoms with Gasteiger partial charge in [0, 0.05) is 28.9 Å². The Morgan fingerprint density at radius 2 is 1.76 bits per heavy atom. The highest BCUT2D eigenvalue weighted by Crippen LogP contribution is 2.22. The van der Waals surface area contributed by atoms with Crippen LogP contribution < -0.4 is 15.6 Å². The van der Waals surface area contributed by atoms with Crippen molar-refractivity contribution in [3.05, 3.63) is 94.8 Å². The molecule has 0 amide bonds. The zero-order valence-corrected chi connectivity index (χ0v) is 14.3. The number of halogens is 2. The van der Waals surface area contributed by atoms with Gasteiger partial charge in [0.15, 0.2) is 0 Å². The van der Waals surface area contributed by atoms with Crippen molar-refractivity contribution in [1.82, 2.24) is 5.43 Å². The summed E-state index contributed by atoms with van der Waals surface area (Å²) in [7, 11) is 0. The first-order valence-corrected chi connectivity index (χ1v) is 8.28. The Balaban J connectivity index is 1.63. The summed E-state index contributed by atoms with van der Waals surface area (Å²) in [5.41, 5.74) is 8.94. The summed E-state index contributed by atoms with van der Waals surface area (Å²) >= 11 is 5.98. The summed E-state index contributed by atoms with van der Waals surface area (Å²) in [6.07, 6.45) is 0. The van der Waals surface area contributed by atoms with E-state index >= 15 is 0 Å². The van der Waals surface area contributed by atoms with E-state index in [1.54, 1.807) is 12.1 Å². The number of hydrogen-bond donors (Lipinski definition) is 2. The fourth-order valence-electron chi connectivity index (χ4n) is 2.36. The first-order valence-electron chi connectivity index (χ1n) is 7.90. The van der Waals surface area contributed by atoms with Gasteiger partial charge in [-0.2, -0.15) is 0 Å². The van der Waals surface area contributed by atoms with Crippen LogP contribution >= 0.6 is 11.6 Å². The summed E-state index contributed by atoms with van der Waals surface area (Å²) in [6, 6.07) is 21.7. The van der Waals surface area contributed by atoms with E-state index in [0.717, 1.165) is 16.8 Å². The molecule has 3 nitrogen and oxygen atoms in total. The van der Waals surface area contributed by atoms with E-state index in [0.29, 0.717) is 23.9 Å². The summed E-state index contributed by atoms with van der Waals surface area (Å²) in [5.74, 6) is 0.170. The maximum atomic E-state index is 13.6. The molecule has 0 aliphatic heterocycles. The number of hydrogen-bond acceptors (Lipinski definition) is 3. The second-order valence-corrected chi connectivity index (χ2v) is 5.95. The molecule has 3 rings (SSSR count). The number of anilines is 1. The topological polar surface area (TPSA) is 33.3 Å². The van der Waals surface area contributed by atoms with Crippen LogP contribution in [0.1, 0.15) is 11.1 Å². The molecule has 0 spiro atoms. The highest BCUT2D eigenvalue weighted by molar-refractivity contribution is 6.30.